The molecule has 0 spiro atoms. The van der Waals surface area contributed by atoms with Gasteiger partial charge < -0.3 is 9.47 Å². The average Bonchev–Trinajstić information content (AvgIpc) is 2.94. The number of benzene rings is 1. The molecule has 5 nitrogen and oxygen atoms in total. The fraction of sp³-hybridized carbons (Fsp3) is 0.286. The summed E-state index contributed by atoms with van der Waals surface area (Å²) in [6, 6.07) is 7.19. The second-order valence-corrected chi connectivity index (χ2v) is 3.97. The maximum atomic E-state index is 12.0. The van der Waals surface area contributed by atoms with Crippen LogP contribution in [-0.4, -0.2) is 28.2 Å². The van der Waals surface area contributed by atoms with E-state index in [1.165, 1.54) is 10.9 Å². The summed E-state index contributed by atoms with van der Waals surface area (Å²) in [6.45, 7) is 4.25. The molecule has 2 aromatic rings. The maximum absolute atomic E-state index is 12.0. The molecule has 0 fully saturated rings. The van der Waals surface area contributed by atoms with E-state index < -0.39 is 6.10 Å². The molecular formula is C14H16N2O3. The first-order chi connectivity index (χ1) is 9.20. The molecule has 0 radical (unpaired) electrons. The van der Waals surface area contributed by atoms with Gasteiger partial charge in [0, 0.05) is 12.4 Å². The van der Waals surface area contributed by atoms with Crippen LogP contribution in [0, 0.1) is 0 Å². The first-order valence-electron chi connectivity index (χ1n) is 6.12. The molecule has 0 saturated heterocycles. The summed E-state index contributed by atoms with van der Waals surface area (Å²) >= 11 is 0. The van der Waals surface area contributed by atoms with Gasteiger partial charge in [-0.1, -0.05) is 0 Å². The van der Waals surface area contributed by atoms with Gasteiger partial charge in [-0.25, -0.2) is 4.98 Å². The highest BCUT2D eigenvalue weighted by Gasteiger charge is 2.16. The number of ether oxygens (including phenoxy) is 2. The van der Waals surface area contributed by atoms with E-state index in [0.717, 1.165) is 5.75 Å². The lowest BCUT2D eigenvalue weighted by Crippen LogP contribution is -2.28. The van der Waals surface area contributed by atoms with Gasteiger partial charge in [0.15, 0.2) is 6.10 Å². The Kier molecular flexibility index (Phi) is 4.18. The fourth-order valence-corrected chi connectivity index (χ4v) is 1.64. The molecule has 1 heterocycles. The molecular weight excluding hydrogens is 244 g/mol. The third-order valence-corrected chi connectivity index (χ3v) is 2.55. The summed E-state index contributed by atoms with van der Waals surface area (Å²) in [7, 11) is 0. The van der Waals surface area contributed by atoms with Crippen LogP contribution >= 0.6 is 0 Å². The molecule has 0 saturated carbocycles. The highest BCUT2D eigenvalue weighted by Crippen LogP contribution is 2.18. The van der Waals surface area contributed by atoms with Crippen molar-refractivity contribution in [3.8, 4) is 11.5 Å². The van der Waals surface area contributed by atoms with E-state index in [2.05, 4.69) is 4.98 Å². The van der Waals surface area contributed by atoms with Crippen molar-refractivity contribution in [2.45, 2.75) is 20.0 Å². The van der Waals surface area contributed by atoms with Crippen molar-refractivity contribution < 1.29 is 14.3 Å². The van der Waals surface area contributed by atoms with Crippen LogP contribution in [0.1, 0.15) is 18.6 Å². The topological polar surface area (TPSA) is 53.4 Å². The summed E-state index contributed by atoms with van der Waals surface area (Å²) < 4.78 is 12.3. The van der Waals surface area contributed by atoms with Crippen molar-refractivity contribution in [1.29, 1.82) is 0 Å². The molecule has 0 aliphatic carbocycles. The van der Waals surface area contributed by atoms with Gasteiger partial charge >= 0.3 is 0 Å². The first kappa shape index (κ1) is 13.1. The lowest BCUT2D eigenvalue weighted by molar-refractivity contribution is 0.0727. The predicted molar refractivity (Wildman–Crippen MR) is 70.6 cm³/mol. The molecule has 0 amide bonds. The average molecular weight is 260 g/mol. The smallest absolute Gasteiger partial charge is 0.272 e. The minimum absolute atomic E-state index is 0.161. The molecule has 1 aromatic heterocycles. The van der Waals surface area contributed by atoms with E-state index in [1.54, 1.807) is 31.5 Å². The Morgan fingerprint density at radius 1 is 1.32 bits per heavy atom. The second-order valence-electron chi connectivity index (χ2n) is 3.97. The summed E-state index contributed by atoms with van der Waals surface area (Å²) in [6.07, 6.45) is 4.04. The summed E-state index contributed by atoms with van der Waals surface area (Å²) in [5, 5.41) is 0. The van der Waals surface area contributed by atoms with Gasteiger partial charge in [0.1, 0.15) is 17.8 Å². The number of imidazole rings is 1. The summed E-state index contributed by atoms with van der Waals surface area (Å²) in [4.78, 5) is 15.8. The Morgan fingerprint density at radius 3 is 2.58 bits per heavy atom. The van der Waals surface area contributed by atoms with Crippen LogP contribution in [0.2, 0.25) is 0 Å². The molecule has 1 unspecified atom stereocenters. The Morgan fingerprint density at radius 2 is 2.00 bits per heavy atom. The number of hydrogen-bond donors (Lipinski definition) is 0. The largest absolute Gasteiger partial charge is 0.494 e. The van der Waals surface area contributed by atoms with E-state index >= 15 is 0 Å². The Hall–Kier alpha value is -2.30. The highest BCUT2D eigenvalue weighted by molar-refractivity contribution is 5.83. The Bertz CT molecular complexity index is 520. The predicted octanol–water partition coefficient (Wildman–Crippen LogP) is 2.39. The number of aromatic nitrogens is 2. The van der Waals surface area contributed by atoms with Crippen molar-refractivity contribution in [3.63, 3.8) is 0 Å². The lowest BCUT2D eigenvalue weighted by Gasteiger charge is -2.14. The molecule has 0 bridgehead atoms. The van der Waals surface area contributed by atoms with Gasteiger partial charge in [0.05, 0.1) is 6.61 Å². The molecule has 1 aromatic carbocycles. The summed E-state index contributed by atoms with van der Waals surface area (Å²) in [5.41, 5.74) is 0. The van der Waals surface area contributed by atoms with Crippen molar-refractivity contribution in [2.24, 2.45) is 0 Å². The normalized spacial score (nSPS) is 11.9. The third-order valence-electron chi connectivity index (χ3n) is 2.55. The van der Waals surface area contributed by atoms with Gasteiger partial charge in [-0.05, 0) is 38.1 Å². The van der Waals surface area contributed by atoms with Crippen LogP contribution in [0.5, 0.6) is 11.5 Å². The van der Waals surface area contributed by atoms with Crippen LogP contribution < -0.4 is 9.47 Å². The van der Waals surface area contributed by atoms with Gasteiger partial charge in [0.2, 0.25) is 0 Å². The minimum atomic E-state index is -0.577. The van der Waals surface area contributed by atoms with Gasteiger partial charge in [-0.15, -0.1) is 0 Å². The van der Waals surface area contributed by atoms with Crippen LogP contribution in [0.4, 0.5) is 0 Å². The molecule has 2 rings (SSSR count). The molecule has 5 heteroatoms. The van der Waals surface area contributed by atoms with Crippen molar-refractivity contribution in [1.82, 2.24) is 9.55 Å². The van der Waals surface area contributed by atoms with E-state index in [4.69, 9.17) is 9.47 Å². The van der Waals surface area contributed by atoms with Crippen LogP contribution in [-0.2, 0) is 0 Å². The van der Waals surface area contributed by atoms with Gasteiger partial charge in [-0.2, -0.15) is 0 Å². The molecule has 19 heavy (non-hydrogen) atoms. The maximum Gasteiger partial charge on any atom is 0.272 e. The Labute approximate surface area is 111 Å². The molecule has 1 atom stereocenters. The van der Waals surface area contributed by atoms with Crippen molar-refractivity contribution >= 4 is 5.91 Å². The number of carbonyl (C=O) groups is 1. The lowest BCUT2D eigenvalue weighted by atomic mass is 10.3. The zero-order valence-corrected chi connectivity index (χ0v) is 10.9. The quantitative estimate of drug-likeness (QED) is 0.828. The Balaban J connectivity index is 1.98. The van der Waals surface area contributed by atoms with E-state index in [9.17, 15) is 4.79 Å². The molecule has 100 valence electrons. The van der Waals surface area contributed by atoms with E-state index in [0.29, 0.717) is 12.4 Å². The number of rotatable bonds is 5. The summed E-state index contributed by atoms with van der Waals surface area (Å²) in [5.74, 6) is 1.25. The zero-order valence-electron chi connectivity index (χ0n) is 10.9. The van der Waals surface area contributed by atoms with E-state index in [1.807, 2.05) is 19.1 Å². The fourth-order valence-electron chi connectivity index (χ4n) is 1.64. The second kappa shape index (κ2) is 6.04. The number of carbonyl (C=O) groups excluding carboxylic acids is 1. The van der Waals surface area contributed by atoms with Crippen LogP contribution in [0.3, 0.4) is 0 Å². The van der Waals surface area contributed by atoms with Gasteiger partial charge in [-0.3, -0.25) is 9.36 Å². The van der Waals surface area contributed by atoms with Crippen LogP contribution in [0.25, 0.3) is 0 Å². The van der Waals surface area contributed by atoms with Crippen molar-refractivity contribution in [3.05, 3.63) is 43.0 Å². The van der Waals surface area contributed by atoms with Crippen LogP contribution in [0.15, 0.2) is 43.0 Å². The number of nitrogens with zero attached hydrogens (tertiary/aromatic N) is 2. The monoisotopic (exact) mass is 260 g/mol. The molecule has 0 N–H and O–H groups in total. The first-order valence-corrected chi connectivity index (χ1v) is 6.12. The SMILES string of the molecule is CCOc1ccc(OC(C)C(=O)n2ccnc2)cc1. The highest BCUT2D eigenvalue weighted by atomic mass is 16.5. The minimum Gasteiger partial charge on any atom is -0.494 e. The van der Waals surface area contributed by atoms with Crippen molar-refractivity contribution in [2.75, 3.05) is 6.61 Å². The van der Waals surface area contributed by atoms with E-state index in [-0.39, 0.29) is 5.91 Å². The van der Waals surface area contributed by atoms with Gasteiger partial charge in [0.25, 0.3) is 5.91 Å². The third kappa shape index (κ3) is 3.34. The number of hydrogen-bond acceptors (Lipinski definition) is 4. The molecule has 0 aliphatic heterocycles. The standard InChI is InChI=1S/C14H16N2O3/c1-3-18-12-4-6-13(7-5-12)19-11(2)14(17)16-9-8-15-10-16/h4-11H,3H2,1-2H3. The molecule has 0 aliphatic rings. The zero-order chi connectivity index (χ0) is 13.7.